The van der Waals surface area contributed by atoms with Crippen molar-refractivity contribution in [3.8, 4) is 5.88 Å². The molecule has 1 aromatic carbocycles. The highest BCUT2D eigenvalue weighted by atomic mass is 35.5. The fourth-order valence-corrected chi connectivity index (χ4v) is 3.90. The second-order valence-electron chi connectivity index (χ2n) is 6.99. The van der Waals surface area contributed by atoms with Crippen LogP contribution in [0.5, 0.6) is 5.88 Å². The number of carbonyl (C=O) groups is 1. The number of benzene rings is 1. The van der Waals surface area contributed by atoms with Crippen LogP contribution in [0.15, 0.2) is 29.5 Å². The molecule has 2 N–H and O–H groups in total. The Labute approximate surface area is 169 Å². The molecule has 3 atom stereocenters. The van der Waals surface area contributed by atoms with E-state index in [2.05, 4.69) is 15.0 Å². The number of methoxy groups -OCH3 is 1. The molecular formula is C19H17ClF2N4O3. The zero-order valence-electron chi connectivity index (χ0n) is 15.4. The molecule has 0 saturated heterocycles. The molecule has 0 unspecified atom stereocenters. The van der Waals surface area contributed by atoms with E-state index < -0.39 is 18.0 Å². The number of hydrogen-bond acceptors (Lipinski definition) is 7. The highest BCUT2D eigenvalue weighted by Crippen LogP contribution is 2.54. The third-order valence-electron chi connectivity index (χ3n) is 5.17. The number of ketones is 1. The van der Waals surface area contributed by atoms with Crippen molar-refractivity contribution in [3.63, 3.8) is 0 Å². The van der Waals surface area contributed by atoms with Crippen molar-refractivity contribution in [2.45, 2.75) is 24.5 Å². The van der Waals surface area contributed by atoms with Crippen molar-refractivity contribution in [2.24, 2.45) is 16.6 Å². The van der Waals surface area contributed by atoms with Crippen LogP contribution in [0, 0.1) is 11.7 Å². The lowest BCUT2D eigenvalue weighted by Crippen LogP contribution is -2.39. The van der Waals surface area contributed by atoms with Gasteiger partial charge in [-0.2, -0.15) is 0 Å². The molecule has 1 aliphatic carbocycles. The van der Waals surface area contributed by atoms with Gasteiger partial charge in [0.1, 0.15) is 29.8 Å². The molecule has 2 heterocycles. The fraction of sp³-hybridized carbons (Fsp3) is 0.368. The maximum atomic E-state index is 14.6. The van der Waals surface area contributed by atoms with Gasteiger partial charge in [0.15, 0.2) is 5.78 Å². The lowest BCUT2D eigenvalue weighted by molar-refractivity contribution is 0.0987. The van der Waals surface area contributed by atoms with Crippen molar-refractivity contribution in [3.05, 3.63) is 52.2 Å². The minimum Gasteiger partial charge on any atom is -0.480 e. The second-order valence-corrected chi connectivity index (χ2v) is 7.37. The first-order valence-corrected chi connectivity index (χ1v) is 9.21. The van der Waals surface area contributed by atoms with E-state index in [-0.39, 0.29) is 52.4 Å². The summed E-state index contributed by atoms with van der Waals surface area (Å²) in [5.41, 5.74) is 4.83. The van der Waals surface area contributed by atoms with Crippen molar-refractivity contribution in [2.75, 3.05) is 13.8 Å². The summed E-state index contributed by atoms with van der Waals surface area (Å²) in [4.78, 5) is 24.6. The van der Waals surface area contributed by atoms with Gasteiger partial charge < -0.3 is 15.2 Å². The van der Waals surface area contributed by atoms with Gasteiger partial charge in [-0.3, -0.25) is 4.79 Å². The number of hydrogen-bond donors (Lipinski definition) is 1. The third-order valence-corrected chi connectivity index (χ3v) is 5.56. The number of aliphatic imine (C=N–C) groups is 1. The van der Waals surface area contributed by atoms with Crippen molar-refractivity contribution in [1.82, 2.24) is 9.97 Å². The maximum Gasteiger partial charge on any atom is 0.283 e. The molecular weight excluding hydrogens is 406 g/mol. The van der Waals surface area contributed by atoms with Gasteiger partial charge in [0, 0.05) is 17.9 Å². The van der Waals surface area contributed by atoms with Crippen LogP contribution in [0.4, 0.5) is 8.78 Å². The average Bonchev–Trinajstić information content (AvgIpc) is 3.49. The Morgan fingerprint density at radius 3 is 2.86 bits per heavy atom. The SMILES string of the molecule is COc1cnc(C(=O)Cc2cc(F)c(Cl)c([C@]3(CF)N=C(N)O[C@H]4C[C@H]43)c2)cn1. The summed E-state index contributed by atoms with van der Waals surface area (Å²) in [6.45, 7) is -0.918. The topological polar surface area (TPSA) is 99.7 Å². The number of halogens is 3. The van der Waals surface area contributed by atoms with Crippen molar-refractivity contribution >= 4 is 23.4 Å². The van der Waals surface area contributed by atoms with Gasteiger partial charge in [0.25, 0.3) is 6.02 Å². The molecule has 29 heavy (non-hydrogen) atoms. The van der Waals surface area contributed by atoms with E-state index in [1.165, 1.54) is 25.6 Å². The van der Waals surface area contributed by atoms with Gasteiger partial charge in [-0.1, -0.05) is 17.7 Å². The van der Waals surface area contributed by atoms with Gasteiger partial charge in [0.05, 0.1) is 24.5 Å². The molecule has 2 aliphatic rings. The number of nitrogens with two attached hydrogens (primary N) is 1. The molecule has 152 valence electrons. The normalized spacial score (nSPS) is 24.9. The number of fused-ring (bicyclic) bond motifs is 1. The Morgan fingerprint density at radius 1 is 1.41 bits per heavy atom. The summed E-state index contributed by atoms with van der Waals surface area (Å²) in [7, 11) is 1.43. The first kappa shape index (κ1) is 19.5. The largest absolute Gasteiger partial charge is 0.480 e. The molecule has 1 aliphatic heterocycles. The molecule has 1 fully saturated rings. The minimum atomic E-state index is -1.43. The van der Waals surface area contributed by atoms with E-state index in [1.54, 1.807) is 0 Å². The third kappa shape index (κ3) is 3.39. The number of Topliss-reactive ketones (excluding diaryl/α,β-unsaturated/α-hetero) is 1. The fourth-order valence-electron chi connectivity index (χ4n) is 3.63. The highest BCUT2D eigenvalue weighted by Gasteiger charge is 2.60. The molecule has 0 bridgehead atoms. The van der Waals surface area contributed by atoms with Gasteiger partial charge in [-0.05, 0) is 18.1 Å². The summed E-state index contributed by atoms with van der Waals surface area (Å²) in [5.74, 6) is -1.19. The Balaban J connectivity index is 1.69. The van der Waals surface area contributed by atoms with Gasteiger partial charge in [-0.15, -0.1) is 0 Å². The van der Waals surface area contributed by atoms with E-state index >= 15 is 0 Å². The number of nitrogens with zero attached hydrogens (tertiary/aromatic N) is 3. The average molecular weight is 423 g/mol. The number of amidine groups is 1. The van der Waals surface area contributed by atoms with Crippen LogP contribution in [0.25, 0.3) is 0 Å². The van der Waals surface area contributed by atoms with E-state index in [0.717, 1.165) is 6.07 Å². The summed E-state index contributed by atoms with van der Waals surface area (Å²) in [6, 6.07) is 2.48. The monoisotopic (exact) mass is 422 g/mol. The zero-order chi connectivity index (χ0) is 20.8. The molecule has 10 heteroatoms. The number of carbonyl (C=O) groups excluding carboxylic acids is 1. The predicted molar refractivity (Wildman–Crippen MR) is 100 cm³/mol. The molecule has 2 aromatic rings. The van der Waals surface area contributed by atoms with E-state index in [4.69, 9.17) is 26.8 Å². The van der Waals surface area contributed by atoms with Crippen LogP contribution >= 0.6 is 11.6 Å². The lowest BCUT2D eigenvalue weighted by atomic mass is 9.84. The van der Waals surface area contributed by atoms with Crippen molar-refractivity contribution < 1.29 is 23.0 Å². The summed E-state index contributed by atoms with van der Waals surface area (Å²) in [5, 5.41) is -0.243. The molecule has 0 amide bonds. The van der Waals surface area contributed by atoms with E-state index in [0.29, 0.717) is 12.0 Å². The van der Waals surface area contributed by atoms with Crippen LogP contribution in [0.3, 0.4) is 0 Å². The smallest absolute Gasteiger partial charge is 0.283 e. The zero-order valence-corrected chi connectivity index (χ0v) is 16.1. The lowest BCUT2D eigenvalue weighted by Gasteiger charge is -2.32. The predicted octanol–water partition coefficient (Wildman–Crippen LogP) is 2.60. The Hall–Kier alpha value is -2.81. The molecule has 1 aromatic heterocycles. The minimum absolute atomic E-state index is 0.0958. The number of aromatic nitrogens is 2. The Kier molecular flexibility index (Phi) is 4.85. The summed E-state index contributed by atoms with van der Waals surface area (Å²) < 4.78 is 39.0. The maximum absolute atomic E-state index is 14.6. The van der Waals surface area contributed by atoms with Gasteiger partial charge in [-0.25, -0.2) is 23.7 Å². The Morgan fingerprint density at radius 2 is 2.21 bits per heavy atom. The van der Waals surface area contributed by atoms with Crippen LogP contribution < -0.4 is 10.5 Å². The Bertz CT molecular complexity index is 1000. The second kappa shape index (κ2) is 7.22. The molecule has 0 spiro atoms. The van der Waals surface area contributed by atoms with Crippen molar-refractivity contribution in [1.29, 1.82) is 0 Å². The first-order valence-electron chi connectivity index (χ1n) is 8.83. The standard InChI is InChI=1S/C19H17ClF2N4O3/c1-28-16-7-24-13(6-25-16)14(27)4-9-2-11(17(20)12(22)3-9)19(8-21)10-5-15(10)29-18(23)26-19/h2-3,6-7,10,15H,4-5,8H2,1H3,(H2,23,26)/t10-,15+,19-/m1/s1. The van der Waals surface area contributed by atoms with Crippen LogP contribution in [-0.2, 0) is 16.7 Å². The van der Waals surface area contributed by atoms with Crippen LogP contribution in [0.1, 0.15) is 28.0 Å². The molecule has 0 radical (unpaired) electrons. The first-order chi connectivity index (χ1) is 13.9. The molecule has 1 saturated carbocycles. The highest BCUT2D eigenvalue weighted by molar-refractivity contribution is 6.31. The number of rotatable bonds is 6. The van der Waals surface area contributed by atoms with Crippen LogP contribution in [-0.4, -0.2) is 41.7 Å². The molecule has 4 rings (SSSR count). The van der Waals surface area contributed by atoms with Gasteiger partial charge in [0.2, 0.25) is 5.88 Å². The molecule has 7 nitrogen and oxygen atoms in total. The van der Waals surface area contributed by atoms with Crippen LogP contribution in [0.2, 0.25) is 5.02 Å². The number of ether oxygens (including phenoxy) is 2. The van der Waals surface area contributed by atoms with Gasteiger partial charge >= 0.3 is 0 Å². The summed E-state index contributed by atoms with van der Waals surface area (Å²) >= 11 is 6.17. The summed E-state index contributed by atoms with van der Waals surface area (Å²) in [6.07, 6.45) is 2.68. The van der Waals surface area contributed by atoms with E-state index in [9.17, 15) is 13.6 Å². The quantitative estimate of drug-likeness (QED) is 0.718. The van der Waals surface area contributed by atoms with E-state index in [1.807, 2.05) is 0 Å². The number of alkyl halides is 1.